The number of aliphatic hydroxyl groups excluding tert-OH is 2. The van der Waals surface area contributed by atoms with Crippen molar-refractivity contribution in [3.63, 3.8) is 0 Å². The number of nitrogen functional groups attached to an aromatic ring is 2. The van der Waals surface area contributed by atoms with Gasteiger partial charge in [0.15, 0.2) is 33.6 Å². The first-order valence-corrected chi connectivity index (χ1v) is 33.1. The number of phosphoric ester groups is 2. The van der Waals surface area contributed by atoms with Gasteiger partial charge in [0.2, 0.25) is 17.7 Å². The molecule has 0 saturated carbocycles. The minimum atomic E-state index is -6.21. The van der Waals surface area contributed by atoms with Gasteiger partial charge in [-0.05, 0) is 6.42 Å². The molecule has 2 aliphatic rings. The Hall–Kier alpha value is 1.52. The molecule has 4 aromatic heterocycles. The Bertz CT molecular complexity index is 3580. The molecule has 15 atom stereocenters. The summed E-state index contributed by atoms with van der Waals surface area (Å²) in [5.41, 5.74) is 22.9. The van der Waals surface area contributed by atoms with E-state index in [0.29, 0.717) is 0 Å². The molecule has 3 amide bonds. The zero-order chi connectivity index (χ0) is 65.2. The van der Waals surface area contributed by atoms with Gasteiger partial charge in [-0.3, -0.25) is 55.7 Å². The van der Waals surface area contributed by atoms with Gasteiger partial charge in [-0.2, -0.15) is 0 Å². The SMILES string of the molecule is NCCNC(=O)COC1[C@@H](O)[C@@H](COP(=O)([O-])OP(=O)([O-])OP(=O)([O-])O)O[C@H]1n1cnc2c(=S)nc(N)[nH]c21.Nc1nc(=S)c2ncn([C@@H]3O[C@H](COP(=O)([O-])OP(=O)([O-])OP(=O)([O-])O)[C@H](O)C3OCC(=O)NCCNC(=O)C(N)CCC(=O)O)c2[nH]1.[Na+].[Na+].[Na+].[Na+].[Na+].[Na+]. The molecule has 9 unspecified atom stereocenters. The van der Waals surface area contributed by atoms with Gasteiger partial charge in [0.1, 0.15) is 72.2 Å². The van der Waals surface area contributed by atoms with Crippen LogP contribution in [0.25, 0.3) is 22.3 Å². The summed E-state index contributed by atoms with van der Waals surface area (Å²) in [4.78, 5) is 153. The monoisotopic (exact) mass is 1540 g/mol. The zero-order valence-electron chi connectivity index (χ0n) is 49.3. The molecule has 0 bridgehead atoms. The molecule has 490 valence electrons. The van der Waals surface area contributed by atoms with Crippen LogP contribution in [-0.2, 0) is 91.8 Å². The maximum Gasteiger partial charge on any atom is 1.00 e. The Morgan fingerprint density at radius 3 is 1.35 bits per heavy atom. The number of amides is 3. The summed E-state index contributed by atoms with van der Waals surface area (Å²) in [6, 6.07) is -1.09. The second-order valence-corrected chi connectivity index (χ2v) is 26.5. The number of hydrogen-bond acceptors (Lipinski definition) is 38. The number of nitrogens with one attached hydrogen (secondary N) is 5. The fourth-order valence-electron chi connectivity index (χ4n) is 7.30. The van der Waals surface area contributed by atoms with E-state index in [1.165, 1.54) is 15.5 Å². The molecule has 0 spiro atoms. The number of hydrogen-bond donors (Lipinski definition) is 14. The van der Waals surface area contributed by atoms with Crippen molar-refractivity contribution >= 4 is 129 Å². The van der Waals surface area contributed by atoms with Crippen LogP contribution in [-0.4, -0.2) is 183 Å². The molecule has 18 N–H and O–H groups in total. The molecule has 4 aromatic rings. The Balaban J connectivity index is 0. The van der Waals surface area contributed by atoms with E-state index in [2.05, 4.69) is 72.1 Å². The summed E-state index contributed by atoms with van der Waals surface area (Å²) in [5.74, 6) is -3.42. The number of anilines is 2. The fraction of sp³-hybridized carbons (Fsp3) is 0.576. The van der Waals surface area contributed by atoms with Crippen molar-refractivity contribution in [3.8, 4) is 0 Å². The number of carboxylic acids is 1. The van der Waals surface area contributed by atoms with Crippen LogP contribution < -0.4 is 246 Å². The van der Waals surface area contributed by atoms with Crippen molar-refractivity contribution < 1.29 is 324 Å². The van der Waals surface area contributed by atoms with Crippen LogP contribution in [0.5, 0.6) is 0 Å². The molecule has 0 radical (unpaired) electrons. The number of aliphatic carboxylic acids is 1. The summed E-state index contributed by atoms with van der Waals surface area (Å²) >= 11 is 10.2. The molecular formula is C33H49N15Na6O31P6S2. The summed E-state index contributed by atoms with van der Waals surface area (Å²) in [7, 11) is -36.1. The van der Waals surface area contributed by atoms with Gasteiger partial charge in [-0.1, -0.05) is 24.4 Å². The van der Waals surface area contributed by atoms with Crippen LogP contribution in [0.3, 0.4) is 0 Å². The van der Waals surface area contributed by atoms with Crippen molar-refractivity contribution in [3.05, 3.63) is 21.9 Å². The number of carbonyl (C=O) groups excluding carboxylic acids is 3. The number of aliphatic hydroxyl groups is 2. The fourth-order valence-corrected chi connectivity index (χ4v) is 13.6. The quantitative estimate of drug-likeness (QED) is 0.00963. The summed E-state index contributed by atoms with van der Waals surface area (Å²) in [6.45, 7) is -3.56. The topological polar surface area (TPSA) is 736 Å². The van der Waals surface area contributed by atoms with Gasteiger partial charge in [0, 0.05) is 32.6 Å². The van der Waals surface area contributed by atoms with Gasteiger partial charge < -0.3 is 131 Å². The smallest absolute Gasteiger partial charge is 0.756 e. The Kier molecular flexibility index (Phi) is 44.0. The number of H-pyrrole nitrogens is 2. The molecular weight excluding hydrogens is 1490 g/mol. The molecule has 60 heteroatoms. The average Bonchev–Trinajstić information content (AvgIpc) is 1.64. The summed E-state index contributed by atoms with van der Waals surface area (Å²) in [5, 5.41) is 37.7. The number of fused-ring (bicyclic) bond motifs is 2. The van der Waals surface area contributed by atoms with Crippen LogP contribution in [0.15, 0.2) is 12.7 Å². The zero-order valence-corrected chi connectivity index (χ0v) is 68.3. The maximum absolute atomic E-state index is 12.5. The first-order valence-electron chi connectivity index (χ1n) is 23.5. The van der Waals surface area contributed by atoms with Crippen molar-refractivity contribution in [1.29, 1.82) is 0 Å². The normalized spacial score (nSPS) is 23.3. The molecule has 46 nitrogen and oxygen atoms in total. The number of carbonyl (C=O) groups is 4. The Labute approximate surface area is 664 Å². The van der Waals surface area contributed by atoms with Gasteiger partial charge in [-0.15, -0.1) is 0 Å². The first-order chi connectivity index (χ1) is 40.2. The predicted molar refractivity (Wildman–Crippen MR) is 273 cm³/mol. The maximum atomic E-state index is 12.5. The van der Waals surface area contributed by atoms with Crippen LogP contribution in [0.1, 0.15) is 25.3 Å². The van der Waals surface area contributed by atoms with Crippen molar-refractivity contribution in [2.45, 2.75) is 68.0 Å². The van der Waals surface area contributed by atoms with E-state index < -0.39 is 152 Å². The number of ether oxygens (including phenoxy) is 4. The van der Waals surface area contributed by atoms with Crippen LogP contribution in [0, 0.1) is 9.28 Å². The van der Waals surface area contributed by atoms with E-state index in [9.17, 15) is 86.1 Å². The number of nitrogens with two attached hydrogens (primary N) is 4. The van der Waals surface area contributed by atoms with E-state index in [0.717, 1.165) is 6.33 Å². The van der Waals surface area contributed by atoms with Crippen molar-refractivity contribution in [2.24, 2.45) is 11.5 Å². The molecule has 6 rings (SSSR count). The second kappa shape index (κ2) is 42.3. The largest absolute Gasteiger partial charge is 1.00 e. The van der Waals surface area contributed by atoms with Crippen LogP contribution in [0.2, 0.25) is 0 Å². The van der Waals surface area contributed by atoms with Crippen molar-refractivity contribution in [2.75, 3.05) is 64.1 Å². The van der Waals surface area contributed by atoms with E-state index in [1.54, 1.807) is 0 Å². The second-order valence-electron chi connectivity index (χ2n) is 17.2. The van der Waals surface area contributed by atoms with Gasteiger partial charge in [0.05, 0.1) is 31.9 Å². The van der Waals surface area contributed by atoms with E-state index >= 15 is 0 Å². The number of aromatic amines is 2. The number of rotatable bonds is 31. The van der Waals surface area contributed by atoms with Crippen molar-refractivity contribution in [1.82, 2.24) is 55.0 Å². The van der Waals surface area contributed by atoms with Gasteiger partial charge in [0.25, 0.3) is 46.9 Å². The molecule has 2 aliphatic heterocycles. The van der Waals surface area contributed by atoms with Gasteiger partial charge >= 0.3 is 183 Å². The van der Waals surface area contributed by atoms with Crippen LogP contribution in [0.4, 0.5) is 11.9 Å². The number of nitrogens with zero attached hydrogens (tertiary/aromatic N) is 6. The first kappa shape index (κ1) is 96.6. The number of imidazole rings is 2. The predicted octanol–water partition coefficient (Wildman–Crippen LogP) is -26.2. The Morgan fingerprint density at radius 1 is 0.634 bits per heavy atom. The standard InChI is InChI=1S/C19H31N8O17P3S.C14H24N7O14P3S.6Na/c20-8(1-2-11(29)30)16(32)23-4-3-22-10(28)6-40-14-13(31)9(5-41-46(36,37)44-47(38,39)43-45(33,34)35)42-18(14)27-7-24-12-15(27)25-19(21)26-17(12)48;15-1-2-17-7(22)4-31-10-9(23)6(3-32-37(27,28)35-38(29,30)34-36(24,25)26)33-13(10)21-5-18-8-11(21)19-14(16)20-12(8)39;;;;;;/h7-9,13-14,18,31H,1-6,20H2,(H,22,28)(H,23,32)(H,29,30)(H,36,37)(H,38,39)(H2,33,34,35)(H3,21,25,26,48);5-6,9-10,13,23H,1-4,15H2,(H,17,22)(H,27,28)(H,29,30)(H2,24,25,26)(H3,16,19,20,39);;;;;;/q;;6*+1/p-6/t8?,9-,13+,14?,18-;6-,9+,10?,13-;;;;;;/m11....../s1. The third kappa shape index (κ3) is 31.6. The third-order valence-electron chi connectivity index (χ3n) is 10.7. The Morgan fingerprint density at radius 2 is 1.00 bits per heavy atom. The van der Waals surface area contributed by atoms with Gasteiger partial charge in [-0.25, -0.2) is 37.2 Å². The molecule has 2 saturated heterocycles. The molecule has 93 heavy (non-hydrogen) atoms. The number of aromatic nitrogens is 8. The van der Waals surface area contributed by atoms with E-state index in [1.807, 2.05) is 0 Å². The molecule has 2 fully saturated rings. The molecule has 0 aliphatic carbocycles. The summed E-state index contributed by atoms with van der Waals surface area (Å²) < 4.78 is 115. The van der Waals surface area contributed by atoms with E-state index in [-0.39, 0.29) is 260 Å². The summed E-state index contributed by atoms with van der Waals surface area (Å²) in [6.07, 6.45) is -10.5. The minimum absolute atomic E-state index is 0. The third-order valence-corrected chi connectivity index (χ3v) is 18.7. The minimum Gasteiger partial charge on any atom is -0.756 e. The average molecular weight is 1540 g/mol. The molecule has 6 heterocycles. The number of carboxylic acid groups (broad SMARTS) is 1. The van der Waals surface area contributed by atoms with E-state index in [4.69, 9.17) is 81.2 Å². The molecule has 0 aromatic carbocycles. The number of phosphoric acid groups is 6. The van der Waals surface area contributed by atoms with Crippen LogP contribution >= 0.6 is 71.4 Å².